The quantitative estimate of drug-likeness (QED) is 0.300. The van der Waals surface area contributed by atoms with Gasteiger partial charge in [-0.05, 0) is 38.0 Å². The average Bonchev–Trinajstić information content (AvgIpc) is 2.19. The van der Waals surface area contributed by atoms with Crippen molar-refractivity contribution in [3.05, 3.63) is 12.2 Å². The first-order valence-corrected chi connectivity index (χ1v) is 8.08. The first-order chi connectivity index (χ1) is 5.93. The van der Waals surface area contributed by atoms with Crippen LogP contribution >= 0.6 is 22.7 Å². The minimum absolute atomic E-state index is 0.778. The van der Waals surface area contributed by atoms with Gasteiger partial charge in [0.05, 0.1) is 0 Å². The topological polar surface area (TPSA) is 0 Å². The molecule has 0 heterocycles. The molecule has 0 saturated carbocycles. The lowest BCUT2D eigenvalue weighted by Crippen LogP contribution is -2.02. The Labute approximate surface area is 88.5 Å². The van der Waals surface area contributed by atoms with Crippen LogP contribution in [-0.2, 0) is 0 Å². The van der Waals surface area contributed by atoms with Crippen molar-refractivity contribution in [3.63, 3.8) is 0 Å². The third-order valence-corrected chi connectivity index (χ3v) is 2.39. The van der Waals surface area contributed by atoms with Crippen LogP contribution in [0.15, 0.2) is 12.2 Å². The van der Waals surface area contributed by atoms with E-state index in [2.05, 4.69) is 12.2 Å². The lowest BCUT2D eigenvalue weighted by atomic mass is 9.91. The molecule has 0 N–H and O–H groups in total. The van der Waals surface area contributed by atoms with E-state index in [0.29, 0.717) is 0 Å². The van der Waals surface area contributed by atoms with Crippen molar-refractivity contribution in [1.29, 1.82) is 0 Å². The second-order valence-corrected chi connectivity index (χ2v) is 3.36. The van der Waals surface area contributed by atoms with Crippen molar-refractivity contribution >= 4 is 32.2 Å². The van der Waals surface area contributed by atoms with Crippen LogP contribution in [-0.4, -0.2) is 15.4 Å². The molecule has 0 aromatic carbocycles. The standard InChI is InChI=1S/C9H15Cl.ClH3Si/c10-8-4-7-9-5-2-1-3-6-9;1-2/h1-2,9H,3-8H2;2H3. The number of alkyl halides is 1. The van der Waals surface area contributed by atoms with Crippen molar-refractivity contribution in [2.24, 2.45) is 5.92 Å². The number of rotatable bonds is 3. The van der Waals surface area contributed by atoms with E-state index >= 15 is 0 Å². The number of hydrogen-bond acceptors (Lipinski definition) is 0. The molecule has 0 aliphatic heterocycles. The predicted molar refractivity (Wildman–Crippen MR) is 62.2 cm³/mol. The van der Waals surface area contributed by atoms with Gasteiger partial charge < -0.3 is 0 Å². The molecule has 1 aliphatic rings. The van der Waals surface area contributed by atoms with E-state index < -0.39 is 0 Å². The normalized spacial score (nSPS) is 21.7. The van der Waals surface area contributed by atoms with Crippen molar-refractivity contribution in [3.8, 4) is 0 Å². The minimum Gasteiger partial charge on any atom is -0.181 e. The molecule has 0 spiro atoms. The first kappa shape index (κ1) is 12.5. The summed E-state index contributed by atoms with van der Waals surface area (Å²) in [6.45, 7) is 0. The maximum atomic E-state index is 5.60. The molecular weight excluding hydrogens is 207 g/mol. The average molecular weight is 225 g/mol. The Kier molecular flexibility index (Phi) is 10.1. The van der Waals surface area contributed by atoms with Gasteiger partial charge in [0, 0.05) is 5.88 Å². The highest BCUT2D eigenvalue weighted by atomic mass is 35.6. The predicted octanol–water partition coefficient (Wildman–Crippen LogP) is 2.87. The largest absolute Gasteiger partial charge is 0.181 e. The maximum absolute atomic E-state index is 5.60. The van der Waals surface area contributed by atoms with Gasteiger partial charge in [0.2, 0.25) is 0 Å². The molecular formula is C9H18Cl2Si. The molecule has 0 fully saturated rings. The molecule has 3 heteroatoms. The Hall–Kier alpha value is 0.537. The summed E-state index contributed by atoms with van der Waals surface area (Å²) in [5.74, 6) is 1.77. The Bertz CT molecular complexity index is 115. The summed E-state index contributed by atoms with van der Waals surface area (Å²) >= 11 is 10.4. The van der Waals surface area contributed by atoms with Crippen LogP contribution in [0.2, 0.25) is 0 Å². The van der Waals surface area contributed by atoms with Crippen LogP contribution in [0.3, 0.4) is 0 Å². The summed E-state index contributed by atoms with van der Waals surface area (Å²) < 4.78 is 0. The van der Waals surface area contributed by atoms with Crippen molar-refractivity contribution in [2.45, 2.75) is 32.1 Å². The lowest BCUT2D eigenvalue weighted by molar-refractivity contribution is 0.442. The maximum Gasteiger partial charge on any atom is 0.109 e. The van der Waals surface area contributed by atoms with Crippen molar-refractivity contribution < 1.29 is 0 Å². The van der Waals surface area contributed by atoms with Crippen LogP contribution in [0.1, 0.15) is 32.1 Å². The van der Waals surface area contributed by atoms with Gasteiger partial charge in [0.1, 0.15) is 9.55 Å². The molecule has 0 nitrogen and oxygen atoms in total. The summed E-state index contributed by atoms with van der Waals surface area (Å²) in [4.78, 5) is 0. The minimum atomic E-state index is 0.778. The van der Waals surface area contributed by atoms with E-state index in [1.165, 1.54) is 32.1 Å². The second-order valence-electron chi connectivity index (χ2n) is 2.98. The lowest BCUT2D eigenvalue weighted by Gasteiger charge is -2.16. The molecule has 0 saturated heterocycles. The molecule has 12 heavy (non-hydrogen) atoms. The van der Waals surface area contributed by atoms with Crippen LogP contribution in [0.5, 0.6) is 0 Å². The zero-order valence-corrected chi connectivity index (χ0v) is 11.2. The number of hydrogen-bond donors (Lipinski definition) is 0. The van der Waals surface area contributed by atoms with Gasteiger partial charge in [-0.1, -0.05) is 12.2 Å². The van der Waals surface area contributed by atoms with Gasteiger partial charge >= 0.3 is 0 Å². The van der Waals surface area contributed by atoms with Crippen LogP contribution in [0, 0.1) is 5.92 Å². The molecule has 0 bridgehead atoms. The number of halogens is 2. The fourth-order valence-corrected chi connectivity index (χ4v) is 1.64. The van der Waals surface area contributed by atoms with Gasteiger partial charge in [0.15, 0.2) is 0 Å². The zero-order chi connectivity index (χ0) is 9.23. The van der Waals surface area contributed by atoms with Gasteiger partial charge in [-0.2, -0.15) is 11.1 Å². The van der Waals surface area contributed by atoms with Crippen LogP contribution in [0.25, 0.3) is 0 Å². The fourth-order valence-electron chi connectivity index (χ4n) is 1.48. The smallest absolute Gasteiger partial charge is 0.109 e. The van der Waals surface area contributed by atoms with Gasteiger partial charge in [-0.15, -0.1) is 11.6 Å². The second kappa shape index (κ2) is 9.62. The highest BCUT2D eigenvalue weighted by Crippen LogP contribution is 2.22. The molecule has 1 aliphatic carbocycles. The van der Waals surface area contributed by atoms with Gasteiger partial charge in [-0.3, -0.25) is 0 Å². The summed E-state index contributed by atoms with van der Waals surface area (Å²) in [6.07, 6.45) is 11.1. The SMILES string of the molecule is ClCCCC1CC=CCC1.[SiH3]Cl. The van der Waals surface area contributed by atoms with E-state index in [4.69, 9.17) is 22.7 Å². The molecule has 0 aromatic heterocycles. The Morgan fingerprint density at radius 3 is 2.58 bits per heavy atom. The van der Waals surface area contributed by atoms with Gasteiger partial charge in [-0.25, -0.2) is 0 Å². The van der Waals surface area contributed by atoms with E-state index in [-0.39, 0.29) is 0 Å². The van der Waals surface area contributed by atoms with E-state index in [9.17, 15) is 0 Å². The van der Waals surface area contributed by atoms with E-state index in [1.54, 1.807) is 0 Å². The van der Waals surface area contributed by atoms with E-state index in [1.807, 2.05) is 0 Å². The monoisotopic (exact) mass is 224 g/mol. The Balaban J connectivity index is 0.000000561. The Morgan fingerprint density at radius 1 is 1.33 bits per heavy atom. The first-order valence-electron chi connectivity index (χ1n) is 4.52. The van der Waals surface area contributed by atoms with Crippen molar-refractivity contribution in [2.75, 3.05) is 5.88 Å². The molecule has 1 unspecified atom stereocenters. The van der Waals surface area contributed by atoms with Crippen LogP contribution < -0.4 is 0 Å². The fraction of sp³-hybridized carbons (Fsp3) is 0.778. The summed E-state index contributed by atoms with van der Waals surface area (Å²) in [7, 11) is 0.778. The molecule has 1 atom stereocenters. The van der Waals surface area contributed by atoms with Crippen molar-refractivity contribution in [1.82, 2.24) is 0 Å². The molecule has 0 aromatic rings. The zero-order valence-electron chi connectivity index (χ0n) is 7.73. The third-order valence-electron chi connectivity index (χ3n) is 2.12. The summed E-state index contributed by atoms with van der Waals surface area (Å²) in [5.41, 5.74) is 0. The summed E-state index contributed by atoms with van der Waals surface area (Å²) in [6, 6.07) is 0. The molecule has 0 amide bonds. The van der Waals surface area contributed by atoms with E-state index in [0.717, 1.165) is 21.4 Å². The highest BCUT2D eigenvalue weighted by molar-refractivity contribution is 6.80. The highest BCUT2D eigenvalue weighted by Gasteiger charge is 2.07. The number of allylic oxidation sites excluding steroid dienone is 2. The Morgan fingerprint density at radius 2 is 2.08 bits per heavy atom. The van der Waals surface area contributed by atoms with Gasteiger partial charge in [0.25, 0.3) is 0 Å². The summed E-state index contributed by atoms with van der Waals surface area (Å²) in [5, 5.41) is 0. The molecule has 72 valence electrons. The molecule has 0 radical (unpaired) electrons. The van der Waals surface area contributed by atoms with Crippen LogP contribution in [0.4, 0.5) is 0 Å². The third kappa shape index (κ3) is 6.10. The molecule has 1 rings (SSSR count).